The molecular weight excluding hydrogens is 700 g/mol. The van der Waals surface area contributed by atoms with Gasteiger partial charge in [0.2, 0.25) is 5.91 Å². The maximum absolute atomic E-state index is 14.0. The fourth-order valence-corrected chi connectivity index (χ4v) is 8.10. The number of aromatic hydroxyl groups is 1. The molecule has 14 heteroatoms. The van der Waals surface area contributed by atoms with Crippen LogP contribution >= 0.6 is 0 Å². The van der Waals surface area contributed by atoms with Gasteiger partial charge in [-0.05, 0) is 85.2 Å². The predicted octanol–water partition coefficient (Wildman–Crippen LogP) is 2.60. The number of amides is 1. The lowest BCUT2D eigenvalue weighted by Crippen LogP contribution is -2.60. The number of cyclic esters (lactones) is 1. The number of methoxy groups -OCH3 is 1. The van der Waals surface area contributed by atoms with Crippen LogP contribution in [0.3, 0.4) is 0 Å². The van der Waals surface area contributed by atoms with Crippen molar-refractivity contribution in [1.29, 1.82) is 0 Å². The average Bonchev–Trinajstić information content (AvgIpc) is 3.12. The first kappa shape index (κ1) is 45.7. The van der Waals surface area contributed by atoms with Crippen LogP contribution in [0.5, 0.6) is 5.75 Å². The topological polar surface area (TPSA) is 194 Å². The number of benzene rings is 1. The molecule has 2 fully saturated rings. The molecule has 0 aromatic heterocycles. The second-order valence-corrected chi connectivity index (χ2v) is 16.1. The minimum absolute atomic E-state index is 0.0898. The number of rotatable bonds is 11. The number of carbonyl (C=O) groups is 3. The molecule has 0 unspecified atom stereocenters. The van der Waals surface area contributed by atoms with Crippen molar-refractivity contribution in [2.75, 3.05) is 34.4 Å². The molecular formula is C40H66N2O12. The van der Waals surface area contributed by atoms with Crippen molar-refractivity contribution < 1.29 is 58.5 Å². The summed E-state index contributed by atoms with van der Waals surface area (Å²) in [6, 6.07) is 6.37. The standard InChI is InChI=1S/C40H66N2O12/c1-12-30-40(8,49)35(47)24(4)32(45)22(2)20-39(7,50-11)36(54-38-33(46)29(42(9)10)19-23(3)52-38)25(5)34(26(6)37(48)53-30)51-21-31(44)41-18-17-27-13-15-28(43)16-14-27/h13-16,22-26,29-30,33-36,38,43,46-47,49H,12,17-21H2,1-11H3,(H,41,44)/t22-,23-,24+,25+,26-,29+,30-,33-,34+,35-,36-,38+,39-,40-/m1/s1. The number of ketones is 1. The van der Waals surface area contributed by atoms with Gasteiger partial charge in [-0.25, -0.2) is 0 Å². The Bertz CT molecular complexity index is 1370. The SMILES string of the molecule is CC[C@H]1OC(=O)[C@H](C)[C@@H](OCC(=O)NCCc2ccc(O)cc2)[C@H](C)[C@@H](O[C@@H]2O[C@H](C)C[C@H](N(C)C)[C@H]2O)[C@](C)(OC)C[C@@H](C)C(=O)[C@H](C)[C@@H](O)[C@]1(C)O. The Morgan fingerprint density at radius 1 is 1.04 bits per heavy atom. The third-order valence-electron chi connectivity index (χ3n) is 11.6. The van der Waals surface area contributed by atoms with Gasteiger partial charge in [0.15, 0.2) is 6.29 Å². The fourth-order valence-electron chi connectivity index (χ4n) is 8.10. The summed E-state index contributed by atoms with van der Waals surface area (Å²) >= 11 is 0. The van der Waals surface area contributed by atoms with Gasteiger partial charge in [-0.15, -0.1) is 0 Å². The molecule has 0 saturated carbocycles. The van der Waals surface area contributed by atoms with Gasteiger partial charge in [0.05, 0.1) is 35.9 Å². The quantitative estimate of drug-likeness (QED) is 0.207. The number of phenols is 1. The number of aliphatic hydroxyl groups excluding tert-OH is 2. The highest BCUT2D eigenvalue weighted by Gasteiger charge is 2.52. The van der Waals surface area contributed by atoms with Crippen molar-refractivity contribution in [2.45, 2.75) is 141 Å². The maximum atomic E-state index is 14.0. The molecule has 14 nitrogen and oxygen atoms in total. The molecule has 0 bridgehead atoms. The zero-order valence-electron chi connectivity index (χ0n) is 34.0. The minimum Gasteiger partial charge on any atom is -0.508 e. The number of hydrogen-bond acceptors (Lipinski definition) is 13. The number of nitrogens with zero attached hydrogens (tertiary/aromatic N) is 1. The Hall–Kier alpha value is -2.69. The molecule has 2 heterocycles. The summed E-state index contributed by atoms with van der Waals surface area (Å²) in [5.74, 6) is -4.91. The number of phenolic OH excluding ortho intramolecular Hbond substituents is 1. The summed E-state index contributed by atoms with van der Waals surface area (Å²) in [5.41, 5.74) is -2.34. The van der Waals surface area contributed by atoms with Gasteiger partial charge in [0.25, 0.3) is 0 Å². The molecule has 308 valence electrons. The van der Waals surface area contributed by atoms with Crippen molar-refractivity contribution in [2.24, 2.45) is 23.7 Å². The Kier molecular flexibility index (Phi) is 16.5. The second kappa shape index (κ2) is 19.4. The Morgan fingerprint density at radius 3 is 2.24 bits per heavy atom. The summed E-state index contributed by atoms with van der Waals surface area (Å²) in [7, 11) is 5.21. The molecule has 1 aromatic rings. The van der Waals surface area contributed by atoms with Crippen molar-refractivity contribution >= 4 is 17.7 Å². The molecule has 1 aromatic carbocycles. The molecule has 2 saturated heterocycles. The largest absolute Gasteiger partial charge is 0.508 e. The number of esters is 1. The highest BCUT2D eigenvalue weighted by atomic mass is 16.7. The van der Waals surface area contributed by atoms with Gasteiger partial charge in [0, 0.05) is 37.5 Å². The summed E-state index contributed by atoms with van der Waals surface area (Å²) in [4.78, 5) is 43.0. The van der Waals surface area contributed by atoms with Crippen LogP contribution in [0.15, 0.2) is 24.3 Å². The van der Waals surface area contributed by atoms with E-state index < -0.39 is 90.2 Å². The number of nitrogens with one attached hydrogen (secondary N) is 1. The van der Waals surface area contributed by atoms with E-state index in [2.05, 4.69) is 5.32 Å². The molecule has 0 radical (unpaired) electrons. The molecule has 0 spiro atoms. The first-order valence-electron chi connectivity index (χ1n) is 19.2. The van der Waals surface area contributed by atoms with Gasteiger partial charge in [-0.3, -0.25) is 14.4 Å². The zero-order chi connectivity index (χ0) is 40.7. The van der Waals surface area contributed by atoms with Crippen LogP contribution in [-0.4, -0.2) is 138 Å². The van der Waals surface area contributed by atoms with E-state index in [0.717, 1.165) is 5.56 Å². The third-order valence-corrected chi connectivity index (χ3v) is 11.6. The smallest absolute Gasteiger partial charge is 0.311 e. The molecule has 1 amide bonds. The van der Waals surface area contributed by atoms with Crippen LogP contribution in [0.4, 0.5) is 0 Å². The highest BCUT2D eigenvalue weighted by molar-refractivity contribution is 5.83. The van der Waals surface area contributed by atoms with Gasteiger partial charge < -0.3 is 54.3 Å². The normalized spacial score (nSPS) is 38.8. The predicted molar refractivity (Wildman–Crippen MR) is 200 cm³/mol. The van der Waals surface area contributed by atoms with Crippen molar-refractivity contribution in [3.63, 3.8) is 0 Å². The summed E-state index contributed by atoms with van der Waals surface area (Å²) < 4.78 is 31.3. The number of aliphatic hydroxyl groups is 3. The molecule has 2 aliphatic rings. The van der Waals surface area contributed by atoms with E-state index in [-0.39, 0.29) is 36.5 Å². The lowest BCUT2D eigenvalue weighted by Gasteiger charge is -2.48. The van der Waals surface area contributed by atoms with E-state index in [9.17, 15) is 34.8 Å². The highest BCUT2D eigenvalue weighted by Crippen LogP contribution is 2.40. The molecule has 3 rings (SSSR count). The third kappa shape index (κ3) is 11.0. The van der Waals surface area contributed by atoms with Gasteiger partial charge >= 0.3 is 5.97 Å². The van der Waals surface area contributed by atoms with E-state index in [1.165, 1.54) is 21.0 Å². The maximum Gasteiger partial charge on any atom is 0.311 e. The van der Waals surface area contributed by atoms with Crippen molar-refractivity contribution in [3.05, 3.63) is 29.8 Å². The average molecular weight is 767 g/mol. The lowest BCUT2D eigenvalue weighted by molar-refractivity contribution is -0.302. The van der Waals surface area contributed by atoms with Crippen LogP contribution < -0.4 is 5.32 Å². The molecule has 5 N–H and O–H groups in total. The van der Waals surface area contributed by atoms with Crippen LogP contribution in [0.1, 0.15) is 80.2 Å². The van der Waals surface area contributed by atoms with Gasteiger partial charge in [-0.1, -0.05) is 39.8 Å². The number of likely N-dealkylation sites (N-methyl/N-ethyl adjacent to an activating group) is 1. The van der Waals surface area contributed by atoms with Crippen LogP contribution in [-0.2, 0) is 44.5 Å². The Balaban J connectivity index is 2.06. The number of Topliss-reactive ketones (excluding diaryl/α,β-unsaturated/α-hetero) is 1. The molecule has 54 heavy (non-hydrogen) atoms. The first-order valence-corrected chi connectivity index (χ1v) is 19.2. The van der Waals surface area contributed by atoms with Crippen LogP contribution in [0, 0.1) is 23.7 Å². The zero-order valence-corrected chi connectivity index (χ0v) is 34.0. The Morgan fingerprint density at radius 2 is 1.67 bits per heavy atom. The minimum atomic E-state index is -1.98. The molecule has 2 aliphatic heterocycles. The molecule has 0 aliphatic carbocycles. The van der Waals surface area contributed by atoms with Crippen molar-refractivity contribution in [1.82, 2.24) is 10.2 Å². The van der Waals surface area contributed by atoms with Gasteiger partial charge in [-0.2, -0.15) is 0 Å². The Labute approximate surface area is 320 Å². The van der Waals surface area contributed by atoms with E-state index in [1.54, 1.807) is 58.9 Å². The second-order valence-electron chi connectivity index (χ2n) is 16.1. The summed E-state index contributed by atoms with van der Waals surface area (Å²) in [5, 5.41) is 46.9. The van der Waals surface area contributed by atoms with Gasteiger partial charge in [0.1, 0.15) is 35.9 Å². The number of hydrogen-bond donors (Lipinski definition) is 5. The number of carbonyl (C=O) groups excluding carboxylic acids is 3. The monoisotopic (exact) mass is 766 g/mol. The lowest BCUT2D eigenvalue weighted by atomic mass is 9.74. The van der Waals surface area contributed by atoms with E-state index in [1.807, 2.05) is 25.9 Å². The van der Waals surface area contributed by atoms with Crippen LogP contribution in [0.25, 0.3) is 0 Å². The summed E-state index contributed by atoms with van der Waals surface area (Å²) in [6.07, 6.45) is -5.98. The van der Waals surface area contributed by atoms with E-state index in [0.29, 0.717) is 19.4 Å². The van der Waals surface area contributed by atoms with Crippen LogP contribution in [0.2, 0.25) is 0 Å². The van der Waals surface area contributed by atoms with E-state index >= 15 is 0 Å². The van der Waals surface area contributed by atoms with Crippen molar-refractivity contribution in [3.8, 4) is 5.75 Å². The summed E-state index contributed by atoms with van der Waals surface area (Å²) in [6.45, 7) is 13.2. The number of ether oxygens (including phenoxy) is 5. The van der Waals surface area contributed by atoms with E-state index in [4.69, 9.17) is 23.7 Å². The fraction of sp³-hybridized carbons (Fsp3) is 0.775. The first-order chi connectivity index (χ1) is 25.2. The molecule has 14 atom stereocenters.